The van der Waals surface area contributed by atoms with E-state index < -0.39 is 5.60 Å². The Kier molecular flexibility index (Phi) is 4.08. The molecule has 1 saturated carbocycles. The second-order valence-corrected chi connectivity index (χ2v) is 6.40. The first kappa shape index (κ1) is 15.3. The number of methoxy groups -OCH3 is 1. The normalized spacial score (nSPS) is 24.6. The van der Waals surface area contributed by atoms with Gasteiger partial charge in [0.25, 0.3) is 0 Å². The lowest BCUT2D eigenvalue weighted by Gasteiger charge is -2.23. The number of β-amino-alcohol motifs (C(OH)–C–C–N with tert-alkyl or cyclic N) is 1. The molecule has 0 spiro atoms. The molecular weight excluding hydrogens is 285 g/mol. The molecular formula is C17H22FNO3. The largest absolute Gasteiger partial charge is 0.497 e. The summed E-state index contributed by atoms with van der Waals surface area (Å²) in [6.45, 7) is 1.04. The molecule has 22 heavy (non-hydrogen) atoms. The van der Waals surface area contributed by atoms with Gasteiger partial charge in [-0.3, -0.25) is 4.79 Å². The number of hydrogen-bond donors (Lipinski definition) is 1. The third kappa shape index (κ3) is 3.09. The van der Waals surface area contributed by atoms with Gasteiger partial charge in [0.1, 0.15) is 11.6 Å². The van der Waals surface area contributed by atoms with Crippen LogP contribution in [0.4, 0.5) is 4.39 Å². The Morgan fingerprint density at radius 2 is 2.27 bits per heavy atom. The molecule has 2 fully saturated rings. The van der Waals surface area contributed by atoms with Gasteiger partial charge in [0, 0.05) is 25.6 Å². The average Bonchev–Trinajstić information content (AvgIpc) is 3.29. The number of hydrogen-bond acceptors (Lipinski definition) is 3. The van der Waals surface area contributed by atoms with E-state index in [-0.39, 0.29) is 18.1 Å². The van der Waals surface area contributed by atoms with Crippen LogP contribution >= 0.6 is 0 Å². The van der Waals surface area contributed by atoms with Crippen molar-refractivity contribution < 1.29 is 19.0 Å². The zero-order valence-corrected chi connectivity index (χ0v) is 12.8. The summed E-state index contributed by atoms with van der Waals surface area (Å²) in [4.78, 5) is 14.0. The van der Waals surface area contributed by atoms with Crippen LogP contribution in [-0.4, -0.2) is 41.7 Å². The van der Waals surface area contributed by atoms with Gasteiger partial charge in [0.2, 0.25) is 5.91 Å². The molecule has 2 aliphatic rings. The summed E-state index contributed by atoms with van der Waals surface area (Å²) >= 11 is 0. The van der Waals surface area contributed by atoms with E-state index in [1.165, 1.54) is 13.2 Å². The number of nitrogens with zero attached hydrogens (tertiary/aromatic N) is 1. The van der Waals surface area contributed by atoms with Gasteiger partial charge in [-0.2, -0.15) is 0 Å². The predicted octanol–water partition coefficient (Wildman–Crippen LogP) is 2.14. The van der Waals surface area contributed by atoms with Crippen LogP contribution in [0.15, 0.2) is 18.2 Å². The molecule has 1 aliphatic heterocycles. The van der Waals surface area contributed by atoms with E-state index in [4.69, 9.17) is 4.74 Å². The quantitative estimate of drug-likeness (QED) is 0.907. The molecule has 1 N–H and O–H groups in total. The fourth-order valence-electron chi connectivity index (χ4n) is 3.24. The lowest BCUT2D eigenvalue weighted by atomic mass is 9.97. The standard InChI is InChI=1S/C17H22FNO3/c1-22-14-6-2-12(15(18)10-14)3-7-16(20)19-9-8-17(21,11-19)13-4-5-13/h2,6,10,13,21H,3-5,7-9,11H2,1H3. The average molecular weight is 307 g/mol. The molecule has 0 radical (unpaired) electrons. The van der Waals surface area contributed by atoms with E-state index in [1.54, 1.807) is 17.0 Å². The Morgan fingerprint density at radius 3 is 2.91 bits per heavy atom. The molecule has 120 valence electrons. The van der Waals surface area contributed by atoms with Crippen molar-refractivity contribution in [3.63, 3.8) is 0 Å². The second-order valence-electron chi connectivity index (χ2n) is 6.40. The topological polar surface area (TPSA) is 49.8 Å². The van der Waals surface area contributed by atoms with E-state index in [9.17, 15) is 14.3 Å². The first-order valence-corrected chi connectivity index (χ1v) is 7.84. The van der Waals surface area contributed by atoms with Gasteiger partial charge in [-0.25, -0.2) is 4.39 Å². The Balaban J connectivity index is 1.54. The predicted molar refractivity (Wildman–Crippen MR) is 80.1 cm³/mol. The number of amides is 1. The molecule has 1 aliphatic carbocycles. The first-order valence-electron chi connectivity index (χ1n) is 7.84. The number of aliphatic hydroxyl groups is 1. The molecule has 4 nitrogen and oxygen atoms in total. The summed E-state index contributed by atoms with van der Waals surface area (Å²) < 4.78 is 18.8. The maximum Gasteiger partial charge on any atom is 0.223 e. The van der Waals surface area contributed by atoms with E-state index in [2.05, 4.69) is 0 Å². The Morgan fingerprint density at radius 1 is 1.50 bits per heavy atom. The molecule has 1 saturated heterocycles. The highest BCUT2D eigenvalue weighted by Gasteiger charge is 2.48. The summed E-state index contributed by atoms with van der Waals surface area (Å²) in [5.74, 6) is 0.487. The highest BCUT2D eigenvalue weighted by atomic mass is 19.1. The number of carbonyl (C=O) groups is 1. The van der Waals surface area contributed by atoms with Gasteiger partial charge in [0.15, 0.2) is 0 Å². The van der Waals surface area contributed by atoms with Crippen molar-refractivity contribution >= 4 is 5.91 Å². The van der Waals surface area contributed by atoms with E-state index in [1.807, 2.05) is 0 Å². The molecule has 1 aromatic rings. The maximum atomic E-state index is 13.9. The van der Waals surface area contributed by atoms with Gasteiger partial charge in [-0.05, 0) is 43.2 Å². The van der Waals surface area contributed by atoms with Crippen LogP contribution in [0, 0.1) is 11.7 Å². The third-order valence-corrected chi connectivity index (χ3v) is 4.84. The summed E-state index contributed by atoms with van der Waals surface area (Å²) in [5, 5.41) is 10.5. The van der Waals surface area contributed by atoms with Crippen LogP contribution in [-0.2, 0) is 11.2 Å². The number of ether oxygens (including phenoxy) is 1. The minimum Gasteiger partial charge on any atom is -0.497 e. The van der Waals surface area contributed by atoms with Crippen molar-refractivity contribution in [3.05, 3.63) is 29.6 Å². The van der Waals surface area contributed by atoms with Crippen LogP contribution in [0.3, 0.4) is 0 Å². The Bertz CT molecular complexity index is 573. The van der Waals surface area contributed by atoms with Gasteiger partial charge < -0.3 is 14.7 Å². The molecule has 1 unspecified atom stereocenters. The van der Waals surface area contributed by atoms with Crippen LogP contribution in [0.2, 0.25) is 0 Å². The SMILES string of the molecule is COc1ccc(CCC(=O)N2CCC(O)(C3CC3)C2)c(F)c1. The van der Waals surface area contributed by atoms with Crippen LogP contribution in [0.5, 0.6) is 5.75 Å². The molecule has 1 aromatic carbocycles. The lowest BCUT2D eigenvalue weighted by molar-refractivity contribution is -0.131. The summed E-state index contributed by atoms with van der Waals surface area (Å²) in [5.41, 5.74) is -0.160. The molecule has 3 rings (SSSR count). The van der Waals surface area contributed by atoms with Crippen LogP contribution in [0.25, 0.3) is 0 Å². The second kappa shape index (κ2) is 5.88. The van der Waals surface area contributed by atoms with Crippen molar-refractivity contribution in [1.82, 2.24) is 4.90 Å². The van der Waals surface area contributed by atoms with Crippen molar-refractivity contribution in [2.45, 2.75) is 37.7 Å². The Hall–Kier alpha value is -1.62. The lowest BCUT2D eigenvalue weighted by Crippen LogP contribution is -2.37. The highest BCUT2D eigenvalue weighted by molar-refractivity contribution is 5.77. The number of rotatable bonds is 5. The molecule has 1 amide bonds. The first-order chi connectivity index (χ1) is 10.5. The number of likely N-dealkylation sites (tertiary alicyclic amines) is 1. The van der Waals surface area contributed by atoms with Crippen LogP contribution < -0.4 is 4.74 Å². The van der Waals surface area contributed by atoms with E-state index in [0.29, 0.717) is 43.2 Å². The molecule has 0 bridgehead atoms. The minimum atomic E-state index is -0.680. The zero-order valence-electron chi connectivity index (χ0n) is 12.8. The van der Waals surface area contributed by atoms with Gasteiger partial charge in [-0.1, -0.05) is 6.07 Å². The summed E-state index contributed by atoms with van der Waals surface area (Å²) in [7, 11) is 1.49. The van der Waals surface area contributed by atoms with E-state index in [0.717, 1.165) is 12.8 Å². The number of benzene rings is 1. The smallest absolute Gasteiger partial charge is 0.223 e. The Labute approximate surface area is 129 Å². The zero-order chi connectivity index (χ0) is 15.7. The number of halogens is 1. The number of carbonyl (C=O) groups excluding carboxylic acids is 1. The molecule has 5 heteroatoms. The molecule has 1 heterocycles. The maximum absolute atomic E-state index is 13.9. The van der Waals surface area contributed by atoms with Gasteiger partial charge in [0.05, 0.1) is 12.7 Å². The summed E-state index contributed by atoms with van der Waals surface area (Å²) in [6.07, 6.45) is 3.43. The van der Waals surface area contributed by atoms with E-state index >= 15 is 0 Å². The molecule has 0 aromatic heterocycles. The summed E-state index contributed by atoms with van der Waals surface area (Å²) in [6, 6.07) is 4.69. The third-order valence-electron chi connectivity index (χ3n) is 4.84. The highest BCUT2D eigenvalue weighted by Crippen LogP contribution is 2.44. The fraction of sp³-hybridized carbons (Fsp3) is 0.588. The molecule has 1 atom stereocenters. The minimum absolute atomic E-state index is 0.00760. The van der Waals surface area contributed by atoms with Gasteiger partial charge >= 0.3 is 0 Å². The van der Waals surface area contributed by atoms with Crippen molar-refractivity contribution in [2.75, 3.05) is 20.2 Å². The van der Waals surface area contributed by atoms with Crippen molar-refractivity contribution in [1.29, 1.82) is 0 Å². The fourth-order valence-corrected chi connectivity index (χ4v) is 3.24. The number of aryl methyl sites for hydroxylation is 1. The van der Waals surface area contributed by atoms with Crippen molar-refractivity contribution in [3.8, 4) is 5.75 Å². The van der Waals surface area contributed by atoms with Crippen LogP contribution in [0.1, 0.15) is 31.2 Å². The monoisotopic (exact) mass is 307 g/mol. The van der Waals surface area contributed by atoms with Gasteiger partial charge in [-0.15, -0.1) is 0 Å². The van der Waals surface area contributed by atoms with Crippen molar-refractivity contribution in [2.24, 2.45) is 5.92 Å².